The van der Waals surface area contributed by atoms with Crippen LogP contribution in [0.1, 0.15) is 32.8 Å². The average molecular weight is 368 g/mol. The zero-order valence-corrected chi connectivity index (χ0v) is 16.1. The summed E-state index contributed by atoms with van der Waals surface area (Å²) < 4.78 is 22.5. The van der Waals surface area contributed by atoms with Crippen LogP contribution in [0, 0.1) is 11.8 Å². The Labute approximate surface area is 150 Å². The van der Waals surface area contributed by atoms with Crippen LogP contribution in [0.4, 0.5) is 0 Å². The van der Waals surface area contributed by atoms with Crippen LogP contribution in [-0.2, 0) is 21.2 Å². The number of hydrogen-bond acceptors (Lipinski definition) is 4. The minimum absolute atomic E-state index is 0.0439. The van der Waals surface area contributed by atoms with E-state index in [4.69, 9.17) is 5.14 Å². The lowest BCUT2D eigenvalue weighted by atomic mass is 9.91. The standard InChI is InChI=1S/C18H29N3O3S/c1-13-10-14(2)12-21(11-13)15(3)18(22)20-9-8-16-4-6-17(7-5-16)25(19,23)24/h4-7,13-15H,8-12H2,1-3H3,(H,20,22)(H2,19,23,24)/t13-,14-,15+/m1/s1. The van der Waals surface area contributed by atoms with Crippen molar-refractivity contribution in [1.29, 1.82) is 0 Å². The molecule has 1 aliphatic heterocycles. The van der Waals surface area contributed by atoms with Gasteiger partial charge in [-0.1, -0.05) is 26.0 Å². The fourth-order valence-electron chi connectivity index (χ4n) is 3.52. The predicted octanol–water partition coefficient (Wildman–Crippen LogP) is 1.36. The third-order valence-electron chi connectivity index (χ3n) is 4.79. The maximum Gasteiger partial charge on any atom is 0.238 e. The van der Waals surface area contributed by atoms with E-state index in [0.717, 1.165) is 18.7 Å². The van der Waals surface area contributed by atoms with E-state index in [2.05, 4.69) is 24.1 Å². The topological polar surface area (TPSA) is 92.5 Å². The minimum atomic E-state index is -3.66. The Morgan fingerprint density at radius 1 is 1.24 bits per heavy atom. The molecule has 1 aromatic rings. The van der Waals surface area contributed by atoms with E-state index < -0.39 is 10.0 Å². The van der Waals surface area contributed by atoms with Gasteiger partial charge in [-0.3, -0.25) is 9.69 Å². The lowest BCUT2D eigenvalue weighted by Gasteiger charge is -2.38. The Kier molecular flexibility index (Phi) is 6.59. The minimum Gasteiger partial charge on any atom is -0.354 e. The quantitative estimate of drug-likeness (QED) is 0.794. The second-order valence-corrected chi connectivity index (χ2v) is 8.87. The number of primary sulfonamides is 1. The highest BCUT2D eigenvalue weighted by Gasteiger charge is 2.28. The number of nitrogens with zero attached hydrogens (tertiary/aromatic N) is 1. The second-order valence-electron chi connectivity index (χ2n) is 7.31. The molecule has 0 unspecified atom stereocenters. The van der Waals surface area contributed by atoms with Crippen molar-refractivity contribution in [3.05, 3.63) is 29.8 Å². The smallest absolute Gasteiger partial charge is 0.238 e. The first kappa shape index (κ1) is 19.9. The molecule has 1 aliphatic rings. The molecule has 2 rings (SSSR count). The third kappa shape index (κ3) is 5.80. The molecule has 25 heavy (non-hydrogen) atoms. The second kappa shape index (κ2) is 8.29. The lowest BCUT2D eigenvalue weighted by molar-refractivity contribution is -0.126. The first-order valence-electron chi connectivity index (χ1n) is 8.80. The predicted molar refractivity (Wildman–Crippen MR) is 98.5 cm³/mol. The number of sulfonamides is 1. The highest BCUT2D eigenvalue weighted by molar-refractivity contribution is 7.89. The molecule has 140 valence electrons. The van der Waals surface area contributed by atoms with Crippen LogP contribution in [0.2, 0.25) is 0 Å². The molecule has 0 bridgehead atoms. The third-order valence-corrected chi connectivity index (χ3v) is 5.72. The Bertz CT molecular complexity index is 678. The van der Waals surface area contributed by atoms with E-state index >= 15 is 0 Å². The molecule has 3 atom stereocenters. The van der Waals surface area contributed by atoms with Crippen LogP contribution in [-0.4, -0.2) is 44.9 Å². The highest BCUT2D eigenvalue weighted by Crippen LogP contribution is 2.22. The van der Waals surface area contributed by atoms with Crippen molar-refractivity contribution in [2.75, 3.05) is 19.6 Å². The SMILES string of the molecule is C[C@@H]1C[C@@H](C)CN([C@@H](C)C(=O)NCCc2ccc(S(N)(=O)=O)cc2)C1. The zero-order valence-electron chi connectivity index (χ0n) is 15.2. The summed E-state index contributed by atoms with van der Waals surface area (Å²) in [5.41, 5.74) is 0.959. The summed E-state index contributed by atoms with van der Waals surface area (Å²) in [7, 11) is -3.66. The van der Waals surface area contributed by atoms with Crippen molar-refractivity contribution in [2.24, 2.45) is 17.0 Å². The van der Waals surface area contributed by atoms with Crippen LogP contribution in [0.25, 0.3) is 0 Å². The monoisotopic (exact) mass is 367 g/mol. The van der Waals surface area contributed by atoms with Crippen LogP contribution < -0.4 is 10.5 Å². The number of rotatable bonds is 6. The molecule has 0 radical (unpaired) electrons. The van der Waals surface area contributed by atoms with E-state index in [0.29, 0.717) is 24.8 Å². The van der Waals surface area contributed by atoms with Gasteiger partial charge in [-0.05, 0) is 49.3 Å². The van der Waals surface area contributed by atoms with Crippen molar-refractivity contribution in [3.8, 4) is 0 Å². The van der Waals surface area contributed by atoms with Crippen LogP contribution in [0.15, 0.2) is 29.2 Å². The maximum atomic E-state index is 12.4. The summed E-state index contributed by atoms with van der Waals surface area (Å²) in [5, 5.41) is 8.06. The first-order valence-corrected chi connectivity index (χ1v) is 10.3. The van der Waals surface area contributed by atoms with Gasteiger partial charge >= 0.3 is 0 Å². The molecule has 0 aliphatic carbocycles. The molecule has 0 aromatic heterocycles. The van der Waals surface area contributed by atoms with E-state index in [9.17, 15) is 13.2 Å². The fraction of sp³-hybridized carbons (Fsp3) is 0.611. The number of amides is 1. The lowest BCUT2D eigenvalue weighted by Crippen LogP contribution is -2.50. The molecule has 0 saturated carbocycles. The summed E-state index contributed by atoms with van der Waals surface area (Å²) >= 11 is 0. The Morgan fingerprint density at radius 3 is 2.32 bits per heavy atom. The van der Waals surface area contributed by atoms with Crippen molar-refractivity contribution in [1.82, 2.24) is 10.2 Å². The van der Waals surface area contributed by atoms with E-state index in [1.807, 2.05) is 6.92 Å². The van der Waals surface area contributed by atoms with Gasteiger partial charge in [0.2, 0.25) is 15.9 Å². The normalized spacial score (nSPS) is 23.2. The van der Waals surface area contributed by atoms with Gasteiger partial charge in [-0.25, -0.2) is 13.6 Å². The fourth-order valence-corrected chi connectivity index (χ4v) is 4.03. The van der Waals surface area contributed by atoms with Crippen LogP contribution in [0.3, 0.4) is 0 Å². The van der Waals surface area contributed by atoms with E-state index in [1.54, 1.807) is 12.1 Å². The molecule has 3 N–H and O–H groups in total. The van der Waals surface area contributed by atoms with Crippen molar-refractivity contribution in [3.63, 3.8) is 0 Å². The maximum absolute atomic E-state index is 12.4. The number of hydrogen-bond donors (Lipinski definition) is 2. The molecule has 7 heteroatoms. The molecule has 1 aromatic carbocycles. The van der Waals surface area contributed by atoms with Gasteiger partial charge < -0.3 is 5.32 Å². The summed E-state index contributed by atoms with van der Waals surface area (Å²) in [6.07, 6.45) is 1.87. The molecule has 1 fully saturated rings. The first-order chi connectivity index (χ1) is 11.7. The number of piperidine rings is 1. The molecule has 1 amide bonds. The zero-order chi connectivity index (χ0) is 18.6. The van der Waals surface area contributed by atoms with Crippen LogP contribution in [0.5, 0.6) is 0 Å². The van der Waals surface area contributed by atoms with Crippen molar-refractivity contribution < 1.29 is 13.2 Å². The van der Waals surface area contributed by atoms with Gasteiger partial charge in [-0.2, -0.15) is 0 Å². The van der Waals surface area contributed by atoms with Gasteiger partial charge in [0.15, 0.2) is 0 Å². The summed E-state index contributed by atoms with van der Waals surface area (Å²) in [4.78, 5) is 14.7. The van der Waals surface area contributed by atoms with Crippen molar-refractivity contribution in [2.45, 2.75) is 44.6 Å². The number of nitrogens with two attached hydrogens (primary N) is 1. The number of likely N-dealkylation sites (tertiary alicyclic amines) is 1. The Hall–Kier alpha value is -1.44. The number of carbonyl (C=O) groups is 1. The van der Waals surface area contributed by atoms with Crippen molar-refractivity contribution >= 4 is 15.9 Å². The number of carbonyl (C=O) groups excluding carboxylic acids is 1. The van der Waals surface area contributed by atoms with Gasteiger partial charge in [0, 0.05) is 19.6 Å². The summed E-state index contributed by atoms with van der Waals surface area (Å²) in [6, 6.07) is 6.30. The van der Waals surface area contributed by atoms with E-state index in [-0.39, 0.29) is 16.8 Å². The molecule has 6 nitrogen and oxygen atoms in total. The van der Waals surface area contributed by atoms with Gasteiger partial charge in [0.1, 0.15) is 0 Å². The van der Waals surface area contributed by atoms with Gasteiger partial charge in [0.25, 0.3) is 0 Å². The summed E-state index contributed by atoms with van der Waals surface area (Å²) in [6.45, 7) is 8.89. The average Bonchev–Trinajstić information content (AvgIpc) is 2.52. The summed E-state index contributed by atoms with van der Waals surface area (Å²) in [5.74, 6) is 1.29. The van der Waals surface area contributed by atoms with Gasteiger partial charge in [-0.15, -0.1) is 0 Å². The molecular weight excluding hydrogens is 338 g/mol. The molecule has 0 spiro atoms. The Morgan fingerprint density at radius 2 is 1.80 bits per heavy atom. The highest BCUT2D eigenvalue weighted by atomic mass is 32.2. The van der Waals surface area contributed by atoms with Crippen LogP contribution >= 0.6 is 0 Å². The van der Waals surface area contributed by atoms with E-state index in [1.165, 1.54) is 18.6 Å². The number of benzene rings is 1. The molecule has 1 heterocycles. The Balaban J connectivity index is 1.81. The van der Waals surface area contributed by atoms with Gasteiger partial charge in [0.05, 0.1) is 10.9 Å². The molecule has 1 saturated heterocycles. The largest absolute Gasteiger partial charge is 0.354 e. The molecular formula is C18H29N3O3S. The number of nitrogens with one attached hydrogen (secondary N) is 1.